The van der Waals surface area contributed by atoms with Gasteiger partial charge in [-0.25, -0.2) is 8.42 Å². The fourth-order valence-electron chi connectivity index (χ4n) is 3.42. The molecule has 1 N–H and O–H groups in total. The number of carboxylic acids is 1. The molecular weight excluding hydrogens is 294 g/mol. The average Bonchev–Trinajstić information content (AvgIpc) is 2.77. The third kappa shape index (κ3) is 3.75. The molecule has 1 amide bonds. The number of nitrogens with zero attached hydrogens (tertiary/aromatic N) is 1. The minimum absolute atomic E-state index is 0.0135. The van der Waals surface area contributed by atoms with Gasteiger partial charge in [0.15, 0.2) is 9.84 Å². The van der Waals surface area contributed by atoms with Crippen molar-refractivity contribution in [2.45, 2.75) is 32.6 Å². The number of amides is 1. The van der Waals surface area contributed by atoms with Crippen LogP contribution in [0, 0.1) is 17.8 Å². The van der Waals surface area contributed by atoms with Gasteiger partial charge in [-0.05, 0) is 25.2 Å². The molecule has 1 heterocycles. The summed E-state index contributed by atoms with van der Waals surface area (Å²) in [6.45, 7) is 2.62. The quantitative estimate of drug-likeness (QED) is 0.830. The van der Waals surface area contributed by atoms with Gasteiger partial charge in [-0.2, -0.15) is 0 Å². The average molecular weight is 317 g/mol. The molecule has 0 bridgehead atoms. The van der Waals surface area contributed by atoms with Crippen molar-refractivity contribution in [2.24, 2.45) is 17.8 Å². The predicted octanol–water partition coefficient (Wildman–Crippen LogP) is 0.770. The molecule has 1 unspecified atom stereocenters. The molecule has 6 nitrogen and oxygen atoms in total. The molecule has 1 saturated carbocycles. The highest BCUT2D eigenvalue weighted by Gasteiger charge is 2.43. The predicted molar refractivity (Wildman–Crippen MR) is 77.5 cm³/mol. The largest absolute Gasteiger partial charge is 0.481 e. The van der Waals surface area contributed by atoms with Crippen LogP contribution in [0.15, 0.2) is 0 Å². The summed E-state index contributed by atoms with van der Waals surface area (Å²) in [6.07, 6.45) is 2.47. The van der Waals surface area contributed by atoms with Gasteiger partial charge >= 0.3 is 5.97 Å². The molecule has 0 spiro atoms. The Labute approximate surface area is 125 Å². The van der Waals surface area contributed by atoms with Crippen molar-refractivity contribution >= 4 is 21.7 Å². The summed E-state index contributed by atoms with van der Waals surface area (Å²) in [4.78, 5) is 25.5. The Morgan fingerprint density at radius 2 is 1.81 bits per heavy atom. The van der Waals surface area contributed by atoms with Gasteiger partial charge in [0.05, 0.1) is 23.3 Å². The summed E-state index contributed by atoms with van der Waals surface area (Å²) in [6, 6.07) is 0. The first-order valence-electron chi connectivity index (χ1n) is 7.56. The van der Waals surface area contributed by atoms with Gasteiger partial charge < -0.3 is 10.0 Å². The van der Waals surface area contributed by atoms with Crippen molar-refractivity contribution in [3.05, 3.63) is 0 Å². The third-order valence-corrected chi connectivity index (χ3v) is 6.45. The Morgan fingerprint density at radius 3 is 2.43 bits per heavy atom. The Hall–Kier alpha value is -1.11. The van der Waals surface area contributed by atoms with Crippen LogP contribution in [0.25, 0.3) is 0 Å². The van der Waals surface area contributed by atoms with Crippen LogP contribution in [-0.2, 0) is 19.4 Å². The molecule has 2 aliphatic rings. The van der Waals surface area contributed by atoms with Crippen LogP contribution in [0.2, 0.25) is 0 Å². The van der Waals surface area contributed by atoms with E-state index in [1.807, 2.05) is 6.92 Å². The summed E-state index contributed by atoms with van der Waals surface area (Å²) in [5, 5.41) is 9.32. The Morgan fingerprint density at radius 1 is 1.14 bits per heavy atom. The van der Waals surface area contributed by atoms with Crippen LogP contribution in [-0.4, -0.2) is 54.9 Å². The highest BCUT2D eigenvalue weighted by molar-refractivity contribution is 7.91. The Balaban J connectivity index is 2.09. The van der Waals surface area contributed by atoms with Gasteiger partial charge in [0.25, 0.3) is 0 Å². The zero-order chi connectivity index (χ0) is 15.6. The first-order valence-corrected chi connectivity index (χ1v) is 9.38. The van der Waals surface area contributed by atoms with E-state index < -0.39 is 27.6 Å². The van der Waals surface area contributed by atoms with Crippen molar-refractivity contribution in [2.75, 3.05) is 24.6 Å². The number of carboxylic acid groups (broad SMARTS) is 1. The lowest BCUT2D eigenvalue weighted by molar-refractivity contribution is -0.149. The highest BCUT2D eigenvalue weighted by Crippen LogP contribution is 2.39. The van der Waals surface area contributed by atoms with E-state index in [2.05, 4.69) is 0 Å². The maximum absolute atomic E-state index is 12.6. The van der Waals surface area contributed by atoms with Gasteiger partial charge in [-0.3, -0.25) is 9.59 Å². The first kappa shape index (κ1) is 16.3. The van der Waals surface area contributed by atoms with E-state index in [-0.39, 0.29) is 29.9 Å². The van der Waals surface area contributed by atoms with E-state index in [1.165, 1.54) is 0 Å². The summed E-state index contributed by atoms with van der Waals surface area (Å²) < 4.78 is 23.2. The second kappa shape index (κ2) is 6.34. The van der Waals surface area contributed by atoms with E-state index in [0.29, 0.717) is 25.8 Å². The molecule has 120 valence electrons. The normalized spacial score (nSPS) is 32.6. The topological polar surface area (TPSA) is 91.8 Å². The zero-order valence-electron chi connectivity index (χ0n) is 12.3. The van der Waals surface area contributed by atoms with E-state index in [0.717, 1.165) is 6.42 Å². The van der Waals surface area contributed by atoms with Crippen LogP contribution in [0.1, 0.15) is 32.6 Å². The number of hydrogen-bond donors (Lipinski definition) is 1. The number of carbonyl (C=O) groups is 2. The monoisotopic (exact) mass is 317 g/mol. The van der Waals surface area contributed by atoms with Crippen molar-refractivity contribution in [1.29, 1.82) is 0 Å². The Kier molecular flexibility index (Phi) is 4.91. The lowest BCUT2D eigenvalue weighted by atomic mass is 9.94. The lowest BCUT2D eigenvalue weighted by Gasteiger charge is -2.25. The molecule has 0 aromatic carbocycles. The van der Waals surface area contributed by atoms with E-state index >= 15 is 0 Å². The molecular formula is C14H23NO5S. The van der Waals surface area contributed by atoms with Gasteiger partial charge in [-0.15, -0.1) is 0 Å². The van der Waals surface area contributed by atoms with E-state index in [4.69, 9.17) is 0 Å². The molecule has 1 aliphatic carbocycles. The molecule has 7 heteroatoms. The molecule has 21 heavy (non-hydrogen) atoms. The third-order valence-electron chi connectivity index (χ3n) is 4.74. The molecule has 1 aliphatic heterocycles. The minimum Gasteiger partial charge on any atom is -0.481 e. The number of carbonyl (C=O) groups excluding carboxylic acids is 1. The summed E-state index contributed by atoms with van der Waals surface area (Å²) in [5.41, 5.74) is 0. The summed E-state index contributed by atoms with van der Waals surface area (Å²) in [7, 11) is -3.06. The van der Waals surface area contributed by atoms with Gasteiger partial charge in [0.2, 0.25) is 5.91 Å². The fraction of sp³-hybridized carbons (Fsp3) is 0.857. The summed E-state index contributed by atoms with van der Waals surface area (Å²) in [5.74, 6) is -1.82. The molecule has 2 fully saturated rings. The highest BCUT2D eigenvalue weighted by atomic mass is 32.2. The summed E-state index contributed by atoms with van der Waals surface area (Å²) >= 11 is 0. The van der Waals surface area contributed by atoms with Crippen molar-refractivity contribution in [3.8, 4) is 0 Å². The minimum atomic E-state index is -3.06. The molecule has 0 aromatic heterocycles. The molecule has 3 atom stereocenters. The Bertz CT molecular complexity index is 515. The van der Waals surface area contributed by atoms with Crippen LogP contribution in [0.5, 0.6) is 0 Å². The number of rotatable bonds is 3. The van der Waals surface area contributed by atoms with Crippen LogP contribution in [0.4, 0.5) is 0 Å². The van der Waals surface area contributed by atoms with Gasteiger partial charge in [-0.1, -0.05) is 13.3 Å². The zero-order valence-corrected chi connectivity index (χ0v) is 13.1. The second-order valence-corrected chi connectivity index (χ2v) is 8.43. The van der Waals surface area contributed by atoms with Crippen LogP contribution in [0.3, 0.4) is 0 Å². The molecule has 0 aromatic rings. The lowest BCUT2D eigenvalue weighted by Crippen LogP contribution is -2.40. The van der Waals surface area contributed by atoms with E-state index in [9.17, 15) is 23.1 Å². The number of aliphatic carboxylic acids is 1. The molecule has 1 saturated heterocycles. The van der Waals surface area contributed by atoms with E-state index in [1.54, 1.807) is 4.90 Å². The maximum Gasteiger partial charge on any atom is 0.307 e. The van der Waals surface area contributed by atoms with Crippen LogP contribution >= 0.6 is 0 Å². The maximum atomic E-state index is 12.6. The standard InChI is InChI=1S/C14H23NO5S/c1-2-10-8-11(12(9-10)14(17)18)13(16)15-4-3-6-21(19,20)7-5-15/h10-12H,2-9H2,1H3,(H,17,18)/t10?,11-,12+/m0/s1. The number of sulfone groups is 1. The first-order chi connectivity index (χ1) is 9.84. The fourth-order valence-corrected chi connectivity index (χ4v) is 4.69. The van der Waals surface area contributed by atoms with Gasteiger partial charge in [0.1, 0.15) is 0 Å². The SMILES string of the molecule is CCC1C[C@H](C(=O)N2CCCS(=O)(=O)CC2)[C@H](C(=O)O)C1. The van der Waals surface area contributed by atoms with Crippen molar-refractivity contribution in [3.63, 3.8) is 0 Å². The molecule has 0 radical (unpaired) electrons. The second-order valence-electron chi connectivity index (χ2n) is 6.13. The van der Waals surface area contributed by atoms with Gasteiger partial charge in [0, 0.05) is 13.1 Å². The van der Waals surface area contributed by atoms with Crippen LogP contribution < -0.4 is 0 Å². The van der Waals surface area contributed by atoms with Crippen molar-refractivity contribution < 1.29 is 23.1 Å². The van der Waals surface area contributed by atoms with Crippen molar-refractivity contribution in [1.82, 2.24) is 4.90 Å². The molecule has 2 rings (SSSR count). The smallest absolute Gasteiger partial charge is 0.307 e. The number of hydrogen-bond acceptors (Lipinski definition) is 4.